The summed E-state index contributed by atoms with van der Waals surface area (Å²) in [6.07, 6.45) is 0.330. The number of nitrogens with zero attached hydrogens (tertiary/aromatic N) is 2. The molecule has 1 N–H and O–H groups in total. The molecular formula is C21H27N3O2. The summed E-state index contributed by atoms with van der Waals surface area (Å²) < 4.78 is 5.21. The molecule has 0 spiro atoms. The second-order valence-corrected chi connectivity index (χ2v) is 6.87. The first-order valence-electron chi connectivity index (χ1n) is 9.02. The summed E-state index contributed by atoms with van der Waals surface area (Å²) in [7, 11) is 3.79. The van der Waals surface area contributed by atoms with Gasteiger partial charge in [0.2, 0.25) is 5.91 Å². The van der Waals surface area contributed by atoms with Gasteiger partial charge in [0.05, 0.1) is 13.5 Å². The van der Waals surface area contributed by atoms with Gasteiger partial charge < -0.3 is 19.9 Å². The predicted octanol–water partition coefficient (Wildman–Crippen LogP) is 2.94. The molecule has 2 aromatic rings. The van der Waals surface area contributed by atoms with Crippen LogP contribution in [0.5, 0.6) is 5.75 Å². The number of anilines is 2. The normalized spacial score (nSPS) is 15.0. The van der Waals surface area contributed by atoms with Gasteiger partial charge in [-0.2, -0.15) is 0 Å². The van der Waals surface area contributed by atoms with Crippen molar-refractivity contribution < 1.29 is 9.53 Å². The Morgan fingerprint density at radius 2 is 1.88 bits per heavy atom. The highest BCUT2D eigenvalue weighted by atomic mass is 16.5. The van der Waals surface area contributed by atoms with E-state index in [0.717, 1.165) is 48.7 Å². The SMILES string of the molecule is COc1cccc(CC(=O)Nc2ccc(N3CCN(C)CC3)cc2C)c1. The number of benzene rings is 2. The van der Waals surface area contributed by atoms with Crippen molar-refractivity contribution >= 4 is 17.3 Å². The smallest absolute Gasteiger partial charge is 0.228 e. The van der Waals surface area contributed by atoms with Crippen molar-refractivity contribution in [1.82, 2.24) is 4.90 Å². The van der Waals surface area contributed by atoms with Crippen LogP contribution in [-0.2, 0) is 11.2 Å². The van der Waals surface area contributed by atoms with E-state index >= 15 is 0 Å². The monoisotopic (exact) mass is 353 g/mol. The molecular weight excluding hydrogens is 326 g/mol. The Labute approximate surface area is 155 Å². The van der Waals surface area contributed by atoms with E-state index in [2.05, 4.69) is 34.3 Å². The number of nitrogens with one attached hydrogen (secondary N) is 1. The van der Waals surface area contributed by atoms with E-state index in [-0.39, 0.29) is 5.91 Å². The number of hydrogen-bond donors (Lipinski definition) is 1. The first-order valence-corrected chi connectivity index (χ1v) is 9.02. The summed E-state index contributed by atoms with van der Waals surface area (Å²) in [5.74, 6) is 0.747. The van der Waals surface area contributed by atoms with Gasteiger partial charge in [-0.05, 0) is 55.4 Å². The Bertz CT molecular complexity index is 768. The molecule has 1 saturated heterocycles. The van der Waals surface area contributed by atoms with Gasteiger partial charge in [0.15, 0.2) is 0 Å². The number of hydrogen-bond acceptors (Lipinski definition) is 4. The average molecular weight is 353 g/mol. The minimum Gasteiger partial charge on any atom is -0.497 e. The van der Waals surface area contributed by atoms with Crippen LogP contribution in [-0.4, -0.2) is 51.1 Å². The molecule has 138 valence electrons. The second-order valence-electron chi connectivity index (χ2n) is 6.87. The minimum absolute atomic E-state index is 0.0197. The Morgan fingerprint density at radius 3 is 2.58 bits per heavy atom. The third-order valence-corrected chi connectivity index (χ3v) is 4.85. The lowest BCUT2D eigenvalue weighted by Gasteiger charge is -2.34. The zero-order chi connectivity index (χ0) is 18.5. The molecule has 1 aliphatic rings. The molecule has 0 unspecified atom stereocenters. The highest BCUT2D eigenvalue weighted by Crippen LogP contribution is 2.24. The van der Waals surface area contributed by atoms with Crippen LogP contribution in [0.15, 0.2) is 42.5 Å². The summed E-state index contributed by atoms with van der Waals surface area (Å²) in [6, 6.07) is 13.9. The number of carbonyl (C=O) groups excluding carboxylic acids is 1. The third kappa shape index (κ3) is 4.55. The van der Waals surface area contributed by atoms with Crippen molar-refractivity contribution in [2.24, 2.45) is 0 Å². The van der Waals surface area contributed by atoms with Crippen molar-refractivity contribution in [1.29, 1.82) is 0 Å². The Kier molecular flexibility index (Phi) is 5.78. The van der Waals surface area contributed by atoms with E-state index in [1.807, 2.05) is 37.3 Å². The van der Waals surface area contributed by atoms with Crippen LogP contribution in [0.2, 0.25) is 0 Å². The van der Waals surface area contributed by atoms with E-state index in [4.69, 9.17) is 4.74 Å². The number of amides is 1. The first-order chi connectivity index (χ1) is 12.5. The summed E-state index contributed by atoms with van der Waals surface area (Å²) in [4.78, 5) is 17.1. The lowest BCUT2D eigenvalue weighted by atomic mass is 10.1. The highest BCUT2D eigenvalue weighted by molar-refractivity contribution is 5.93. The van der Waals surface area contributed by atoms with Gasteiger partial charge in [0.1, 0.15) is 5.75 Å². The van der Waals surface area contributed by atoms with Crippen molar-refractivity contribution in [3.63, 3.8) is 0 Å². The van der Waals surface area contributed by atoms with Gasteiger partial charge in [-0.25, -0.2) is 0 Å². The average Bonchev–Trinajstić information content (AvgIpc) is 2.64. The highest BCUT2D eigenvalue weighted by Gasteiger charge is 2.15. The topological polar surface area (TPSA) is 44.8 Å². The standard InChI is InChI=1S/C21H27N3O2/c1-16-13-18(24-11-9-23(2)10-12-24)7-8-20(16)22-21(25)15-17-5-4-6-19(14-17)26-3/h4-8,13-14H,9-12,15H2,1-3H3,(H,22,25). The number of ether oxygens (including phenoxy) is 1. The zero-order valence-corrected chi connectivity index (χ0v) is 15.8. The lowest BCUT2D eigenvalue weighted by Crippen LogP contribution is -2.44. The predicted molar refractivity (Wildman–Crippen MR) is 106 cm³/mol. The molecule has 5 heteroatoms. The van der Waals surface area contributed by atoms with Crippen LogP contribution in [0.4, 0.5) is 11.4 Å². The van der Waals surface area contributed by atoms with E-state index in [1.54, 1.807) is 7.11 Å². The van der Waals surface area contributed by atoms with E-state index in [9.17, 15) is 4.79 Å². The summed E-state index contributed by atoms with van der Waals surface area (Å²) in [5, 5.41) is 3.03. The van der Waals surface area contributed by atoms with Crippen LogP contribution < -0.4 is 15.0 Å². The number of rotatable bonds is 5. The van der Waals surface area contributed by atoms with Crippen molar-refractivity contribution in [2.75, 3.05) is 50.6 Å². The van der Waals surface area contributed by atoms with E-state index < -0.39 is 0 Å². The molecule has 0 aliphatic carbocycles. The van der Waals surface area contributed by atoms with Gasteiger partial charge in [-0.1, -0.05) is 12.1 Å². The minimum atomic E-state index is -0.0197. The quantitative estimate of drug-likeness (QED) is 0.898. The molecule has 1 amide bonds. The maximum Gasteiger partial charge on any atom is 0.228 e. The Balaban J connectivity index is 1.63. The first kappa shape index (κ1) is 18.3. The maximum atomic E-state index is 12.4. The van der Waals surface area contributed by atoms with Crippen LogP contribution in [0, 0.1) is 6.92 Å². The van der Waals surface area contributed by atoms with Gasteiger partial charge in [-0.3, -0.25) is 4.79 Å². The molecule has 5 nitrogen and oxygen atoms in total. The fourth-order valence-corrected chi connectivity index (χ4v) is 3.21. The largest absolute Gasteiger partial charge is 0.497 e. The number of piperazine rings is 1. The molecule has 0 saturated carbocycles. The zero-order valence-electron chi connectivity index (χ0n) is 15.8. The molecule has 1 fully saturated rings. The molecule has 0 atom stereocenters. The van der Waals surface area contributed by atoms with Crippen LogP contribution >= 0.6 is 0 Å². The fourth-order valence-electron chi connectivity index (χ4n) is 3.21. The van der Waals surface area contributed by atoms with Crippen molar-refractivity contribution in [2.45, 2.75) is 13.3 Å². The summed E-state index contributed by atoms with van der Waals surface area (Å²) in [5.41, 5.74) is 4.12. The van der Waals surface area contributed by atoms with Crippen LogP contribution in [0.25, 0.3) is 0 Å². The van der Waals surface area contributed by atoms with Gasteiger partial charge in [0, 0.05) is 37.6 Å². The van der Waals surface area contributed by atoms with Gasteiger partial charge >= 0.3 is 0 Å². The molecule has 2 aromatic carbocycles. The fraction of sp³-hybridized carbons (Fsp3) is 0.381. The molecule has 1 aliphatic heterocycles. The molecule has 1 heterocycles. The Hall–Kier alpha value is -2.53. The lowest BCUT2D eigenvalue weighted by molar-refractivity contribution is -0.115. The maximum absolute atomic E-state index is 12.4. The number of aryl methyl sites for hydroxylation is 1. The summed E-state index contributed by atoms with van der Waals surface area (Å²) in [6.45, 7) is 6.28. The van der Waals surface area contributed by atoms with Crippen molar-refractivity contribution in [3.8, 4) is 5.75 Å². The van der Waals surface area contributed by atoms with E-state index in [1.165, 1.54) is 5.69 Å². The van der Waals surface area contributed by atoms with Crippen LogP contribution in [0.3, 0.4) is 0 Å². The van der Waals surface area contributed by atoms with Gasteiger partial charge in [0.25, 0.3) is 0 Å². The van der Waals surface area contributed by atoms with Gasteiger partial charge in [-0.15, -0.1) is 0 Å². The molecule has 0 bridgehead atoms. The number of methoxy groups -OCH3 is 1. The van der Waals surface area contributed by atoms with Crippen molar-refractivity contribution in [3.05, 3.63) is 53.6 Å². The third-order valence-electron chi connectivity index (χ3n) is 4.85. The Morgan fingerprint density at radius 1 is 1.12 bits per heavy atom. The summed E-state index contributed by atoms with van der Waals surface area (Å²) >= 11 is 0. The molecule has 3 rings (SSSR count). The molecule has 26 heavy (non-hydrogen) atoms. The second kappa shape index (κ2) is 8.23. The number of likely N-dealkylation sites (N-methyl/N-ethyl adjacent to an activating group) is 1. The molecule has 0 aromatic heterocycles. The van der Waals surface area contributed by atoms with E-state index in [0.29, 0.717) is 6.42 Å². The molecule has 0 radical (unpaired) electrons. The van der Waals surface area contributed by atoms with Crippen LogP contribution in [0.1, 0.15) is 11.1 Å². The number of carbonyl (C=O) groups is 1.